The summed E-state index contributed by atoms with van der Waals surface area (Å²) < 4.78 is 122. The van der Waals surface area contributed by atoms with Crippen molar-refractivity contribution in [1.29, 1.82) is 0 Å². The third-order valence-corrected chi connectivity index (χ3v) is 5.64. The van der Waals surface area contributed by atoms with E-state index >= 15 is 0 Å². The predicted molar refractivity (Wildman–Crippen MR) is 110 cm³/mol. The Morgan fingerprint density at radius 3 is 1.97 bits per heavy atom. The van der Waals surface area contributed by atoms with Gasteiger partial charge >= 0.3 is 12.4 Å². The molecule has 36 heavy (non-hydrogen) atoms. The number of hydrazone groups is 1. The highest BCUT2D eigenvalue weighted by Gasteiger charge is 2.74. The number of aliphatic hydroxyl groups is 1. The quantitative estimate of drug-likeness (QED) is 0.410. The molecule has 3 aromatic rings. The lowest BCUT2D eigenvalue weighted by atomic mass is 9.89. The van der Waals surface area contributed by atoms with Crippen LogP contribution in [0.4, 0.5) is 45.2 Å². The van der Waals surface area contributed by atoms with Crippen molar-refractivity contribution in [2.24, 2.45) is 5.10 Å². The number of rotatable bonds is 4. The molecular formula is C23H14F9N3O. The van der Waals surface area contributed by atoms with Gasteiger partial charge in [-0.15, -0.1) is 0 Å². The van der Waals surface area contributed by atoms with Crippen LogP contribution in [0.3, 0.4) is 0 Å². The standard InChI is InChI=1S/C23H14F9N3O/c24-15-5-6-18(17(26)8-15)35-19(9-20(34-35)21(36,22(27,28)29)23(30,31)32)13-3-1-12(2-4-13)14-7-16(25)11-33-10-14/h1-8,10-11,19,36H,9H2. The number of anilines is 1. The SMILES string of the molecule is OC(C1=NN(c2ccc(F)cc2F)C(c2ccc(-c3cncc(F)c3)cc2)C1)(C(F)(F)F)C(F)(F)F. The summed E-state index contributed by atoms with van der Waals surface area (Å²) in [6.07, 6.45) is -11.2. The topological polar surface area (TPSA) is 48.7 Å². The Kier molecular flexibility index (Phi) is 6.23. The highest BCUT2D eigenvalue weighted by molar-refractivity contribution is 5.97. The molecule has 0 aliphatic carbocycles. The lowest BCUT2D eigenvalue weighted by molar-refractivity contribution is -0.338. The Morgan fingerprint density at radius 2 is 1.42 bits per heavy atom. The van der Waals surface area contributed by atoms with E-state index in [4.69, 9.17) is 0 Å². The summed E-state index contributed by atoms with van der Waals surface area (Å²) in [5.41, 5.74) is -6.77. The average molecular weight is 519 g/mol. The van der Waals surface area contributed by atoms with Crippen LogP contribution < -0.4 is 5.01 Å². The predicted octanol–water partition coefficient (Wildman–Crippen LogP) is 6.33. The molecule has 4 nitrogen and oxygen atoms in total. The second kappa shape index (κ2) is 8.80. The van der Waals surface area contributed by atoms with Crippen molar-refractivity contribution < 1.29 is 44.6 Å². The average Bonchev–Trinajstić information content (AvgIpc) is 3.22. The number of halogens is 9. The summed E-state index contributed by atoms with van der Waals surface area (Å²) in [7, 11) is 0. The molecule has 1 aromatic heterocycles. The molecule has 4 rings (SSSR count). The lowest BCUT2D eigenvalue weighted by Gasteiger charge is -2.32. The molecule has 0 radical (unpaired) electrons. The van der Waals surface area contributed by atoms with Gasteiger partial charge in [-0.25, -0.2) is 13.2 Å². The molecule has 1 N–H and O–H groups in total. The summed E-state index contributed by atoms with van der Waals surface area (Å²) in [4.78, 5) is 3.70. The first-order valence-corrected chi connectivity index (χ1v) is 10.1. The third-order valence-electron chi connectivity index (χ3n) is 5.64. The Bertz CT molecular complexity index is 1290. The van der Waals surface area contributed by atoms with Crippen molar-refractivity contribution in [3.05, 3.63) is 83.9 Å². The molecule has 1 atom stereocenters. The molecule has 1 unspecified atom stereocenters. The number of benzene rings is 2. The van der Waals surface area contributed by atoms with E-state index in [2.05, 4.69) is 10.1 Å². The summed E-state index contributed by atoms with van der Waals surface area (Å²) in [5.74, 6) is -2.97. The van der Waals surface area contributed by atoms with Crippen molar-refractivity contribution in [1.82, 2.24) is 4.98 Å². The molecule has 0 fully saturated rings. The summed E-state index contributed by atoms with van der Waals surface area (Å²) in [6, 6.07) is 7.11. The van der Waals surface area contributed by atoms with Crippen LogP contribution >= 0.6 is 0 Å². The van der Waals surface area contributed by atoms with Crippen LogP contribution in [-0.4, -0.2) is 33.8 Å². The Balaban J connectivity index is 1.80. The van der Waals surface area contributed by atoms with Gasteiger partial charge in [0, 0.05) is 24.2 Å². The summed E-state index contributed by atoms with van der Waals surface area (Å²) in [5, 5.41) is 13.7. The molecule has 13 heteroatoms. The second-order valence-corrected chi connectivity index (χ2v) is 7.93. The van der Waals surface area contributed by atoms with Gasteiger partial charge in [0.05, 0.1) is 23.6 Å². The highest BCUT2D eigenvalue weighted by atomic mass is 19.4. The number of hydrogen-bond acceptors (Lipinski definition) is 4. The van der Waals surface area contributed by atoms with E-state index in [0.717, 1.165) is 24.4 Å². The Labute approximate surface area is 197 Å². The molecule has 2 aromatic carbocycles. The number of pyridine rings is 1. The molecule has 0 spiro atoms. The molecule has 190 valence electrons. The van der Waals surface area contributed by atoms with E-state index in [1.807, 2.05) is 0 Å². The van der Waals surface area contributed by atoms with Crippen LogP contribution in [0.25, 0.3) is 11.1 Å². The first-order chi connectivity index (χ1) is 16.7. The number of hydrogen-bond donors (Lipinski definition) is 1. The van der Waals surface area contributed by atoms with Crippen LogP contribution in [0.15, 0.2) is 66.0 Å². The minimum absolute atomic E-state index is 0.0947. The van der Waals surface area contributed by atoms with Gasteiger partial charge in [-0.3, -0.25) is 9.99 Å². The van der Waals surface area contributed by atoms with Crippen molar-refractivity contribution in [2.75, 3.05) is 5.01 Å². The zero-order valence-corrected chi connectivity index (χ0v) is 17.7. The minimum Gasteiger partial charge on any atom is -0.369 e. The van der Waals surface area contributed by atoms with Crippen LogP contribution in [0, 0.1) is 17.5 Å². The largest absolute Gasteiger partial charge is 0.431 e. The van der Waals surface area contributed by atoms with E-state index in [9.17, 15) is 44.6 Å². The fourth-order valence-corrected chi connectivity index (χ4v) is 3.83. The fraction of sp³-hybridized carbons (Fsp3) is 0.217. The summed E-state index contributed by atoms with van der Waals surface area (Å²) >= 11 is 0. The van der Waals surface area contributed by atoms with Gasteiger partial charge < -0.3 is 5.11 Å². The van der Waals surface area contributed by atoms with Gasteiger partial charge in [-0.05, 0) is 29.3 Å². The van der Waals surface area contributed by atoms with Gasteiger partial charge in [-0.2, -0.15) is 31.4 Å². The van der Waals surface area contributed by atoms with Crippen LogP contribution in [0.2, 0.25) is 0 Å². The van der Waals surface area contributed by atoms with Gasteiger partial charge in [0.2, 0.25) is 0 Å². The Morgan fingerprint density at radius 1 is 0.778 bits per heavy atom. The van der Waals surface area contributed by atoms with E-state index in [1.54, 1.807) is 0 Å². The maximum Gasteiger partial charge on any atom is 0.431 e. The van der Waals surface area contributed by atoms with Crippen molar-refractivity contribution >= 4 is 11.4 Å². The van der Waals surface area contributed by atoms with E-state index in [-0.39, 0.29) is 5.56 Å². The van der Waals surface area contributed by atoms with Gasteiger partial charge in [0.1, 0.15) is 11.6 Å². The molecule has 1 aliphatic heterocycles. The van der Waals surface area contributed by atoms with Crippen molar-refractivity contribution in [3.8, 4) is 11.1 Å². The van der Waals surface area contributed by atoms with Crippen LogP contribution in [-0.2, 0) is 0 Å². The molecule has 0 saturated carbocycles. The molecule has 2 heterocycles. The van der Waals surface area contributed by atoms with E-state index in [0.29, 0.717) is 22.2 Å². The van der Waals surface area contributed by atoms with Crippen molar-refractivity contribution in [3.63, 3.8) is 0 Å². The highest BCUT2D eigenvalue weighted by Crippen LogP contribution is 2.49. The normalized spacial score (nSPS) is 16.9. The lowest BCUT2D eigenvalue weighted by Crippen LogP contribution is -2.62. The molecule has 0 bridgehead atoms. The van der Waals surface area contributed by atoms with Gasteiger partial charge in [-0.1, -0.05) is 24.3 Å². The zero-order chi connectivity index (χ0) is 26.5. The smallest absolute Gasteiger partial charge is 0.369 e. The van der Waals surface area contributed by atoms with Gasteiger partial charge in [0.25, 0.3) is 5.60 Å². The van der Waals surface area contributed by atoms with E-state index < -0.39 is 59.3 Å². The number of alkyl halides is 6. The molecule has 0 amide bonds. The zero-order valence-electron chi connectivity index (χ0n) is 17.7. The monoisotopic (exact) mass is 519 g/mol. The Hall–Kier alpha value is -3.61. The molecule has 0 saturated heterocycles. The van der Waals surface area contributed by atoms with Crippen LogP contribution in [0.1, 0.15) is 18.0 Å². The summed E-state index contributed by atoms with van der Waals surface area (Å²) in [6.45, 7) is 0. The minimum atomic E-state index is -6.19. The maximum atomic E-state index is 14.5. The van der Waals surface area contributed by atoms with Crippen molar-refractivity contribution in [2.45, 2.75) is 30.4 Å². The van der Waals surface area contributed by atoms with Gasteiger partial charge in [0.15, 0.2) is 5.82 Å². The fourth-order valence-electron chi connectivity index (χ4n) is 3.83. The second-order valence-electron chi connectivity index (χ2n) is 7.93. The first kappa shape index (κ1) is 25.5. The van der Waals surface area contributed by atoms with E-state index in [1.165, 1.54) is 30.5 Å². The molecule has 1 aliphatic rings. The van der Waals surface area contributed by atoms with Crippen LogP contribution in [0.5, 0.6) is 0 Å². The number of aromatic nitrogens is 1. The third kappa shape index (κ3) is 4.38. The first-order valence-electron chi connectivity index (χ1n) is 10.1. The maximum absolute atomic E-state index is 14.5. The number of nitrogens with zero attached hydrogens (tertiary/aromatic N) is 3. The molecular weight excluding hydrogens is 505 g/mol.